The summed E-state index contributed by atoms with van der Waals surface area (Å²) in [6.45, 7) is -0.757. The van der Waals surface area contributed by atoms with Crippen molar-refractivity contribution in [3.05, 3.63) is 54.1 Å². The van der Waals surface area contributed by atoms with Gasteiger partial charge < -0.3 is 39.4 Å². The highest BCUT2D eigenvalue weighted by Gasteiger charge is 2.44. The minimum atomic E-state index is -1.52. The molecule has 1 heterocycles. The Morgan fingerprint density at radius 2 is 1.64 bits per heavy atom. The summed E-state index contributed by atoms with van der Waals surface area (Å²) in [5.74, 6) is 1.07. The van der Waals surface area contributed by atoms with Gasteiger partial charge in [-0.3, -0.25) is 4.79 Å². The number of aliphatic hydroxyl groups excluding tert-OH is 4. The summed E-state index contributed by atoms with van der Waals surface area (Å²) in [4.78, 5) is 11.8. The molecule has 178 valence electrons. The molecule has 2 aromatic carbocycles. The molecule has 1 aliphatic heterocycles. The van der Waals surface area contributed by atoms with Gasteiger partial charge in [0.1, 0.15) is 41.7 Å². The molecular weight excluding hydrogens is 436 g/mol. The zero-order valence-corrected chi connectivity index (χ0v) is 17.8. The van der Waals surface area contributed by atoms with Crippen LogP contribution in [-0.2, 0) is 9.53 Å². The lowest BCUT2D eigenvalue weighted by atomic mass is 9.99. The number of rotatable bonds is 9. The molecule has 0 radical (unpaired) electrons. The van der Waals surface area contributed by atoms with Gasteiger partial charge in [-0.25, -0.2) is 5.43 Å². The molecule has 1 amide bonds. The Bertz CT molecular complexity index is 918. The van der Waals surface area contributed by atoms with E-state index in [-0.39, 0.29) is 6.61 Å². The molecule has 5 N–H and O–H groups in total. The van der Waals surface area contributed by atoms with E-state index in [4.69, 9.17) is 18.9 Å². The Morgan fingerprint density at radius 3 is 2.27 bits per heavy atom. The van der Waals surface area contributed by atoms with Crippen LogP contribution in [0.25, 0.3) is 0 Å². The zero-order valence-electron chi connectivity index (χ0n) is 17.8. The standard InChI is InChI=1S/C22H26N2O9/c1-30-14-6-8-15(9-7-14)31-12-18(26)24-23-10-13-2-4-16(5-3-13)32-22-21(29)20(28)19(27)17(11-25)33-22/h2-10,17,19-22,25,27-29H,11-12H2,1H3,(H,24,26)/t17-,19-,20+,21-,22-/m1/s1. The smallest absolute Gasteiger partial charge is 0.277 e. The van der Waals surface area contributed by atoms with Crippen LogP contribution in [0.1, 0.15) is 5.56 Å². The fraction of sp³-hybridized carbons (Fsp3) is 0.364. The molecule has 1 fully saturated rings. The number of methoxy groups -OCH3 is 1. The van der Waals surface area contributed by atoms with Crippen molar-refractivity contribution in [1.29, 1.82) is 0 Å². The first-order chi connectivity index (χ1) is 15.9. The molecule has 33 heavy (non-hydrogen) atoms. The number of aliphatic hydroxyl groups is 4. The second-order valence-corrected chi connectivity index (χ2v) is 7.14. The molecule has 0 saturated carbocycles. The molecule has 0 spiro atoms. The number of hydrogen-bond acceptors (Lipinski definition) is 10. The van der Waals surface area contributed by atoms with Crippen LogP contribution in [0.4, 0.5) is 0 Å². The maximum atomic E-state index is 11.8. The van der Waals surface area contributed by atoms with Gasteiger partial charge in [-0.05, 0) is 54.1 Å². The van der Waals surface area contributed by atoms with Crippen molar-refractivity contribution in [2.75, 3.05) is 20.3 Å². The Hall–Kier alpha value is -3.22. The first-order valence-electron chi connectivity index (χ1n) is 10.1. The number of benzene rings is 2. The van der Waals surface area contributed by atoms with Crippen molar-refractivity contribution >= 4 is 12.1 Å². The first-order valence-corrected chi connectivity index (χ1v) is 10.1. The largest absolute Gasteiger partial charge is 0.497 e. The minimum absolute atomic E-state index is 0.213. The molecule has 0 aliphatic carbocycles. The van der Waals surface area contributed by atoms with E-state index >= 15 is 0 Å². The van der Waals surface area contributed by atoms with E-state index in [1.807, 2.05) is 0 Å². The fourth-order valence-corrected chi connectivity index (χ4v) is 2.96. The number of hydrogen-bond donors (Lipinski definition) is 5. The van der Waals surface area contributed by atoms with Crippen LogP contribution in [0, 0.1) is 0 Å². The Morgan fingerprint density at radius 1 is 1.00 bits per heavy atom. The quantitative estimate of drug-likeness (QED) is 0.242. The van der Waals surface area contributed by atoms with Crippen molar-refractivity contribution in [3.8, 4) is 17.2 Å². The summed E-state index contributed by atoms with van der Waals surface area (Å²) >= 11 is 0. The van der Waals surface area contributed by atoms with E-state index in [0.717, 1.165) is 0 Å². The van der Waals surface area contributed by atoms with Crippen LogP contribution in [0.15, 0.2) is 53.6 Å². The van der Waals surface area contributed by atoms with Crippen LogP contribution < -0.4 is 19.6 Å². The third-order valence-electron chi connectivity index (χ3n) is 4.81. The molecular formula is C22H26N2O9. The summed E-state index contributed by atoms with van der Waals surface area (Å²) < 4.78 is 21.2. The van der Waals surface area contributed by atoms with E-state index in [1.165, 1.54) is 6.21 Å². The molecule has 0 bridgehead atoms. The number of nitrogens with one attached hydrogen (secondary N) is 1. The van der Waals surface area contributed by atoms with Crippen molar-refractivity contribution < 1.29 is 44.2 Å². The van der Waals surface area contributed by atoms with Crippen LogP contribution in [0.3, 0.4) is 0 Å². The highest BCUT2D eigenvalue weighted by molar-refractivity contribution is 5.83. The van der Waals surface area contributed by atoms with Gasteiger partial charge in [-0.1, -0.05) is 0 Å². The van der Waals surface area contributed by atoms with Crippen molar-refractivity contribution in [1.82, 2.24) is 5.43 Å². The molecule has 3 rings (SSSR count). The normalized spacial score (nSPS) is 24.9. The first kappa shape index (κ1) is 24.4. The zero-order chi connectivity index (χ0) is 23.8. The maximum Gasteiger partial charge on any atom is 0.277 e. The van der Waals surface area contributed by atoms with Gasteiger partial charge in [0.15, 0.2) is 6.61 Å². The van der Waals surface area contributed by atoms with Gasteiger partial charge in [0.05, 0.1) is 19.9 Å². The van der Waals surface area contributed by atoms with Gasteiger partial charge in [0.2, 0.25) is 6.29 Å². The van der Waals surface area contributed by atoms with Crippen molar-refractivity contribution in [2.24, 2.45) is 5.10 Å². The van der Waals surface area contributed by atoms with E-state index in [0.29, 0.717) is 22.8 Å². The molecule has 0 aromatic heterocycles. The fourth-order valence-electron chi connectivity index (χ4n) is 2.96. The number of ether oxygens (including phenoxy) is 4. The Balaban J connectivity index is 1.46. The van der Waals surface area contributed by atoms with Crippen LogP contribution in [0.2, 0.25) is 0 Å². The minimum Gasteiger partial charge on any atom is -0.497 e. The number of nitrogens with zero attached hydrogens (tertiary/aromatic N) is 1. The highest BCUT2D eigenvalue weighted by Crippen LogP contribution is 2.24. The predicted octanol–water partition coefficient (Wildman–Crippen LogP) is -0.597. The topological polar surface area (TPSA) is 159 Å². The molecule has 1 aliphatic rings. The van der Waals surface area contributed by atoms with Gasteiger partial charge in [0, 0.05) is 0 Å². The van der Waals surface area contributed by atoms with Crippen LogP contribution in [0.5, 0.6) is 17.2 Å². The van der Waals surface area contributed by atoms with E-state index < -0.39 is 43.2 Å². The average Bonchev–Trinajstić information content (AvgIpc) is 2.84. The van der Waals surface area contributed by atoms with Gasteiger partial charge in [-0.2, -0.15) is 5.10 Å². The summed E-state index contributed by atoms with van der Waals surface area (Å²) in [6, 6.07) is 13.2. The SMILES string of the molecule is COc1ccc(OCC(=O)NN=Cc2ccc(O[C@@H]3O[C@H](CO)[C@@H](O)[C@H](O)[C@H]3O)cc2)cc1. The van der Waals surface area contributed by atoms with E-state index in [1.54, 1.807) is 55.6 Å². The molecule has 0 unspecified atom stereocenters. The molecule has 11 heteroatoms. The van der Waals surface area contributed by atoms with Crippen LogP contribution >= 0.6 is 0 Å². The predicted molar refractivity (Wildman–Crippen MR) is 115 cm³/mol. The lowest BCUT2D eigenvalue weighted by molar-refractivity contribution is -0.277. The Kier molecular flexibility index (Phi) is 8.58. The summed E-state index contributed by atoms with van der Waals surface area (Å²) in [5, 5.41) is 42.7. The number of carbonyl (C=O) groups excluding carboxylic acids is 1. The molecule has 2 aromatic rings. The summed E-state index contributed by atoms with van der Waals surface area (Å²) in [6.07, 6.45) is -5.39. The second-order valence-electron chi connectivity index (χ2n) is 7.14. The van der Waals surface area contributed by atoms with Crippen LogP contribution in [-0.4, -0.2) is 83.6 Å². The summed E-state index contributed by atoms with van der Waals surface area (Å²) in [5.41, 5.74) is 3.00. The maximum absolute atomic E-state index is 11.8. The molecule has 11 nitrogen and oxygen atoms in total. The lowest BCUT2D eigenvalue weighted by Crippen LogP contribution is -2.60. The van der Waals surface area contributed by atoms with Gasteiger partial charge in [-0.15, -0.1) is 0 Å². The van der Waals surface area contributed by atoms with E-state index in [9.17, 15) is 25.2 Å². The lowest BCUT2D eigenvalue weighted by Gasteiger charge is -2.39. The van der Waals surface area contributed by atoms with Crippen molar-refractivity contribution in [3.63, 3.8) is 0 Å². The summed E-state index contributed by atoms with van der Waals surface area (Å²) in [7, 11) is 1.56. The average molecular weight is 462 g/mol. The molecule has 1 saturated heterocycles. The van der Waals surface area contributed by atoms with E-state index in [2.05, 4.69) is 10.5 Å². The second kappa shape index (κ2) is 11.6. The number of hydrazone groups is 1. The monoisotopic (exact) mass is 462 g/mol. The highest BCUT2D eigenvalue weighted by atomic mass is 16.7. The van der Waals surface area contributed by atoms with Gasteiger partial charge in [0.25, 0.3) is 5.91 Å². The van der Waals surface area contributed by atoms with Crippen molar-refractivity contribution in [2.45, 2.75) is 30.7 Å². The third-order valence-corrected chi connectivity index (χ3v) is 4.81. The molecule has 5 atom stereocenters. The number of carbonyl (C=O) groups is 1. The third kappa shape index (κ3) is 6.63. The van der Waals surface area contributed by atoms with Gasteiger partial charge >= 0.3 is 0 Å². The number of amides is 1. The Labute approximate surface area is 189 Å².